The summed E-state index contributed by atoms with van der Waals surface area (Å²) in [5.74, 6) is 4.24. The largest absolute Gasteiger partial charge is 0.480 e. The summed E-state index contributed by atoms with van der Waals surface area (Å²) >= 11 is 0. The molecule has 0 aliphatic heterocycles. The van der Waals surface area contributed by atoms with E-state index in [2.05, 4.69) is 16.8 Å². The molecule has 0 aliphatic carbocycles. The molecule has 0 fully saturated rings. The number of rotatable bonds is 2. The van der Waals surface area contributed by atoms with Crippen molar-refractivity contribution < 1.29 is 14.7 Å². The van der Waals surface area contributed by atoms with Crippen LogP contribution in [0.1, 0.15) is 22.8 Å². The lowest BCUT2D eigenvalue weighted by Gasteiger charge is -1.99. The number of hydrogen-bond acceptors (Lipinski definition) is 4. The van der Waals surface area contributed by atoms with Gasteiger partial charge in [0.25, 0.3) is 0 Å². The Morgan fingerprint density at radius 3 is 2.56 bits per heavy atom. The van der Waals surface area contributed by atoms with Crippen LogP contribution >= 0.6 is 0 Å². The average Bonchev–Trinajstić information content (AvgIpc) is 2.85. The molecule has 7 heteroatoms. The second kappa shape index (κ2) is 6.45. The van der Waals surface area contributed by atoms with Crippen LogP contribution in [-0.4, -0.2) is 31.1 Å². The average molecular weight is 335 g/mol. The molecule has 25 heavy (non-hydrogen) atoms. The molecule has 0 aliphatic rings. The van der Waals surface area contributed by atoms with Gasteiger partial charge < -0.3 is 5.11 Å². The fraction of sp³-hybridized carbons (Fsp3) is 0.111. The van der Waals surface area contributed by atoms with Crippen molar-refractivity contribution in [1.29, 1.82) is 0 Å². The molecule has 2 aromatic heterocycles. The van der Waals surface area contributed by atoms with E-state index in [1.165, 1.54) is 6.92 Å². The Hall–Kier alpha value is -3.66. The quantitative estimate of drug-likeness (QED) is 0.713. The number of carboxylic acid groups (broad SMARTS) is 1. The molecule has 0 amide bonds. The van der Waals surface area contributed by atoms with Crippen LogP contribution in [0.25, 0.3) is 11.0 Å². The van der Waals surface area contributed by atoms with Gasteiger partial charge in [0.05, 0.1) is 11.0 Å². The van der Waals surface area contributed by atoms with Gasteiger partial charge in [0.15, 0.2) is 0 Å². The minimum atomic E-state index is -1.16. The van der Waals surface area contributed by atoms with E-state index in [1.54, 1.807) is 36.7 Å². The van der Waals surface area contributed by atoms with E-state index >= 15 is 0 Å². The first-order chi connectivity index (χ1) is 12.0. The van der Waals surface area contributed by atoms with E-state index in [0.29, 0.717) is 16.6 Å². The molecular formula is C18H13N3O4. The molecule has 3 aromatic rings. The van der Waals surface area contributed by atoms with Gasteiger partial charge in [0.1, 0.15) is 6.54 Å². The van der Waals surface area contributed by atoms with Crippen molar-refractivity contribution in [1.82, 2.24) is 14.1 Å². The smallest absolute Gasteiger partial charge is 0.336 e. The molecule has 0 atom stereocenters. The Morgan fingerprint density at radius 2 is 1.92 bits per heavy atom. The molecule has 0 saturated carbocycles. The summed E-state index contributed by atoms with van der Waals surface area (Å²) in [5, 5.41) is 8.98. The van der Waals surface area contributed by atoms with Gasteiger partial charge in [0.2, 0.25) is 5.91 Å². The van der Waals surface area contributed by atoms with Gasteiger partial charge in [-0.15, -0.1) is 0 Å². The summed E-state index contributed by atoms with van der Waals surface area (Å²) in [5.41, 5.74) is 1.35. The highest BCUT2D eigenvalue weighted by Gasteiger charge is 2.17. The number of hydrogen-bond donors (Lipinski definition) is 1. The topological polar surface area (TPSA) is 94.2 Å². The van der Waals surface area contributed by atoms with Crippen LogP contribution in [-0.2, 0) is 11.3 Å². The molecule has 0 saturated heterocycles. The maximum Gasteiger partial charge on any atom is 0.336 e. The number of pyridine rings is 1. The highest BCUT2D eigenvalue weighted by molar-refractivity contribution is 5.90. The van der Waals surface area contributed by atoms with Crippen LogP contribution in [0.4, 0.5) is 0 Å². The standard InChI is InChI=1S/C18H13N3O4/c1-12(22)21-16-9-13(4-5-14-3-2-8-19-10-14)6-7-15(16)20(18(21)25)11-17(23)24/h2-3,6-10H,11H2,1H3,(H,23,24). The summed E-state index contributed by atoms with van der Waals surface area (Å²) in [7, 11) is 0. The predicted octanol–water partition coefficient (Wildman–Crippen LogP) is 1.34. The van der Waals surface area contributed by atoms with Gasteiger partial charge in [-0.2, -0.15) is 0 Å². The minimum Gasteiger partial charge on any atom is -0.480 e. The maximum absolute atomic E-state index is 12.4. The van der Waals surface area contributed by atoms with Gasteiger partial charge in [-0.1, -0.05) is 11.8 Å². The molecule has 0 radical (unpaired) electrons. The first-order valence-corrected chi connectivity index (χ1v) is 7.37. The summed E-state index contributed by atoms with van der Waals surface area (Å²) in [6.07, 6.45) is 3.27. The molecule has 1 aromatic carbocycles. The first kappa shape index (κ1) is 16.2. The second-order valence-electron chi connectivity index (χ2n) is 5.31. The zero-order chi connectivity index (χ0) is 18.0. The van der Waals surface area contributed by atoms with Crippen LogP contribution in [0, 0.1) is 11.8 Å². The lowest BCUT2D eigenvalue weighted by atomic mass is 10.2. The molecule has 1 N–H and O–H groups in total. The zero-order valence-electron chi connectivity index (χ0n) is 13.3. The Labute approximate surface area is 142 Å². The van der Waals surface area contributed by atoms with E-state index in [1.807, 2.05) is 6.07 Å². The predicted molar refractivity (Wildman–Crippen MR) is 90.4 cm³/mol. The molecule has 2 heterocycles. The summed E-state index contributed by atoms with van der Waals surface area (Å²) in [4.78, 5) is 39.1. The van der Waals surface area contributed by atoms with Crippen LogP contribution in [0.3, 0.4) is 0 Å². The fourth-order valence-electron chi connectivity index (χ4n) is 2.51. The Balaban J connectivity index is 2.16. The SMILES string of the molecule is CC(=O)n1c(=O)n(CC(=O)O)c2ccc(C#Cc3cccnc3)cc21. The number of aliphatic carboxylic acids is 1. The number of fused-ring (bicyclic) bond motifs is 1. The van der Waals surface area contributed by atoms with E-state index in [4.69, 9.17) is 5.11 Å². The summed E-state index contributed by atoms with van der Waals surface area (Å²) in [6.45, 7) is 0.732. The monoisotopic (exact) mass is 335 g/mol. The highest BCUT2D eigenvalue weighted by atomic mass is 16.4. The van der Waals surface area contributed by atoms with Gasteiger partial charge in [-0.25, -0.2) is 9.36 Å². The van der Waals surface area contributed by atoms with Gasteiger partial charge in [-0.05, 0) is 30.3 Å². The van der Waals surface area contributed by atoms with E-state index in [0.717, 1.165) is 14.7 Å². The van der Waals surface area contributed by atoms with Crippen molar-refractivity contribution in [2.45, 2.75) is 13.5 Å². The number of aromatic nitrogens is 3. The van der Waals surface area contributed by atoms with Crippen molar-refractivity contribution in [3.63, 3.8) is 0 Å². The number of carbonyl (C=O) groups is 2. The van der Waals surface area contributed by atoms with Crippen LogP contribution in [0.15, 0.2) is 47.5 Å². The summed E-state index contributed by atoms with van der Waals surface area (Å²) in [6, 6.07) is 8.44. The maximum atomic E-state index is 12.4. The minimum absolute atomic E-state index is 0.330. The molecular weight excluding hydrogens is 322 g/mol. The van der Waals surface area contributed by atoms with Crippen molar-refractivity contribution >= 4 is 22.9 Å². The number of benzene rings is 1. The van der Waals surface area contributed by atoms with Crippen molar-refractivity contribution in [2.75, 3.05) is 0 Å². The third-order valence-corrected chi connectivity index (χ3v) is 3.55. The van der Waals surface area contributed by atoms with Gasteiger partial charge in [-0.3, -0.25) is 19.1 Å². The van der Waals surface area contributed by atoms with Crippen LogP contribution < -0.4 is 5.69 Å². The van der Waals surface area contributed by atoms with Gasteiger partial charge in [0, 0.05) is 30.4 Å². The fourth-order valence-corrected chi connectivity index (χ4v) is 2.51. The second-order valence-corrected chi connectivity index (χ2v) is 5.31. The number of imidazole rings is 1. The van der Waals surface area contributed by atoms with Crippen LogP contribution in [0.5, 0.6) is 0 Å². The Bertz CT molecular complexity index is 1100. The van der Waals surface area contributed by atoms with E-state index in [9.17, 15) is 14.4 Å². The first-order valence-electron chi connectivity index (χ1n) is 7.37. The molecule has 0 spiro atoms. The lowest BCUT2D eigenvalue weighted by Crippen LogP contribution is -2.29. The zero-order valence-corrected chi connectivity index (χ0v) is 13.3. The normalized spacial score (nSPS) is 10.3. The molecule has 7 nitrogen and oxygen atoms in total. The van der Waals surface area contributed by atoms with E-state index in [-0.39, 0.29) is 0 Å². The molecule has 3 rings (SSSR count). The van der Waals surface area contributed by atoms with E-state index < -0.39 is 24.1 Å². The van der Waals surface area contributed by atoms with Crippen molar-refractivity contribution in [3.8, 4) is 11.8 Å². The number of carbonyl (C=O) groups excluding carboxylic acids is 1. The highest BCUT2D eigenvalue weighted by Crippen LogP contribution is 2.15. The van der Waals surface area contributed by atoms with Crippen molar-refractivity contribution in [3.05, 3.63) is 64.3 Å². The van der Waals surface area contributed by atoms with Gasteiger partial charge >= 0.3 is 11.7 Å². The number of nitrogens with zero attached hydrogens (tertiary/aromatic N) is 3. The molecule has 0 bridgehead atoms. The Morgan fingerprint density at radius 1 is 1.16 bits per heavy atom. The third kappa shape index (κ3) is 3.19. The van der Waals surface area contributed by atoms with Crippen molar-refractivity contribution in [2.24, 2.45) is 0 Å². The Kier molecular flexibility index (Phi) is 4.18. The molecule has 0 unspecified atom stereocenters. The third-order valence-electron chi connectivity index (χ3n) is 3.55. The lowest BCUT2D eigenvalue weighted by molar-refractivity contribution is -0.137. The van der Waals surface area contributed by atoms with Crippen LogP contribution in [0.2, 0.25) is 0 Å². The molecule has 124 valence electrons. The summed E-state index contributed by atoms with van der Waals surface area (Å²) < 4.78 is 2.00. The number of carboxylic acids is 1.